The summed E-state index contributed by atoms with van der Waals surface area (Å²) in [6.07, 6.45) is -4.50. The Hall–Kier alpha value is -3.81. The fraction of sp³-hybridized carbons (Fsp3) is 0.130. The zero-order valence-corrected chi connectivity index (χ0v) is 16.6. The van der Waals surface area contributed by atoms with Gasteiger partial charge in [-0.2, -0.15) is 13.2 Å². The van der Waals surface area contributed by atoms with Crippen molar-refractivity contribution in [2.24, 2.45) is 0 Å². The number of nitrogens with one attached hydrogen (secondary N) is 3. The van der Waals surface area contributed by atoms with Crippen molar-refractivity contribution in [3.63, 3.8) is 0 Å². The molecule has 8 heteroatoms. The van der Waals surface area contributed by atoms with E-state index in [0.29, 0.717) is 11.4 Å². The van der Waals surface area contributed by atoms with Crippen LogP contribution in [-0.2, 0) is 11.0 Å². The van der Waals surface area contributed by atoms with Gasteiger partial charge in [-0.15, -0.1) is 0 Å². The average Bonchev–Trinajstić information content (AvgIpc) is 2.72. The molecule has 0 aromatic heterocycles. The standard InChI is InChI=1S/C23H20F3N3O2/c1-15-5-2-9-19(11-15)28-21(30)14-27-18-8-3-6-16(12-18)22(31)29-20-10-4-7-17(13-20)23(24,25)26/h2-13,27H,14H2,1H3,(H,28,30)(H,29,31). The van der Waals surface area contributed by atoms with Crippen LogP contribution in [0.15, 0.2) is 72.8 Å². The Morgan fingerprint density at radius 2 is 1.45 bits per heavy atom. The van der Waals surface area contributed by atoms with Crippen molar-refractivity contribution in [2.45, 2.75) is 13.1 Å². The molecule has 0 saturated heterocycles. The number of rotatable bonds is 6. The molecule has 0 spiro atoms. The van der Waals surface area contributed by atoms with Crippen LogP contribution in [0.1, 0.15) is 21.5 Å². The minimum atomic E-state index is -4.50. The Morgan fingerprint density at radius 3 is 2.16 bits per heavy atom. The van der Waals surface area contributed by atoms with Crippen LogP contribution in [0.2, 0.25) is 0 Å². The molecule has 0 bridgehead atoms. The summed E-state index contributed by atoms with van der Waals surface area (Å²) < 4.78 is 38.5. The fourth-order valence-electron chi connectivity index (χ4n) is 2.86. The summed E-state index contributed by atoms with van der Waals surface area (Å²) in [4.78, 5) is 24.6. The van der Waals surface area contributed by atoms with Crippen LogP contribution in [0.3, 0.4) is 0 Å². The Labute approximate surface area is 177 Å². The molecule has 3 rings (SSSR count). The molecule has 3 N–H and O–H groups in total. The molecule has 0 fully saturated rings. The Bertz CT molecular complexity index is 1100. The number of amides is 2. The molecule has 160 valence electrons. The second-order valence-corrected chi connectivity index (χ2v) is 6.88. The minimum absolute atomic E-state index is 0.0212. The monoisotopic (exact) mass is 427 g/mol. The average molecular weight is 427 g/mol. The van der Waals surface area contributed by atoms with Gasteiger partial charge in [0.15, 0.2) is 0 Å². The molecule has 0 radical (unpaired) electrons. The predicted molar refractivity (Wildman–Crippen MR) is 114 cm³/mol. The maximum atomic E-state index is 12.8. The van der Waals surface area contributed by atoms with Crippen molar-refractivity contribution < 1.29 is 22.8 Å². The maximum absolute atomic E-state index is 12.8. The van der Waals surface area contributed by atoms with Crippen molar-refractivity contribution in [3.8, 4) is 0 Å². The van der Waals surface area contributed by atoms with Gasteiger partial charge in [-0.05, 0) is 61.0 Å². The van der Waals surface area contributed by atoms with E-state index in [1.165, 1.54) is 24.3 Å². The van der Waals surface area contributed by atoms with Gasteiger partial charge in [-0.1, -0.05) is 24.3 Å². The highest BCUT2D eigenvalue weighted by Crippen LogP contribution is 2.30. The van der Waals surface area contributed by atoms with Crippen LogP contribution in [0, 0.1) is 6.92 Å². The van der Waals surface area contributed by atoms with E-state index in [4.69, 9.17) is 0 Å². The van der Waals surface area contributed by atoms with Gasteiger partial charge < -0.3 is 16.0 Å². The number of anilines is 3. The first-order chi connectivity index (χ1) is 14.7. The smallest absolute Gasteiger partial charge is 0.376 e. The molecule has 0 aliphatic carbocycles. The number of benzene rings is 3. The van der Waals surface area contributed by atoms with E-state index >= 15 is 0 Å². The summed E-state index contributed by atoms with van der Waals surface area (Å²) in [5.41, 5.74) is 1.65. The molecular weight excluding hydrogens is 407 g/mol. The van der Waals surface area contributed by atoms with Crippen LogP contribution in [0.4, 0.5) is 30.2 Å². The third-order valence-corrected chi connectivity index (χ3v) is 4.33. The highest BCUT2D eigenvalue weighted by molar-refractivity contribution is 6.05. The van der Waals surface area contributed by atoms with Crippen LogP contribution in [-0.4, -0.2) is 18.4 Å². The van der Waals surface area contributed by atoms with Gasteiger partial charge in [0.2, 0.25) is 5.91 Å². The number of aryl methyl sites for hydroxylation is 1. The van der Waals surface area contributed by atoms with E-state index in [2.05, 4.69) is 16.0 Å². The zero-order valence-electron chi connectivity index (χ0n) is 16.6. The molecule has 3 aromatic carbocycles. The molecule has 3 aromatic rings. The maximum Gasteiger partial charge on any atom is 0.416 e. The van der Waals surface area contributed by atoms with Gasteiger partial charge in [-0.3, -0.25) is 9.59 Å². The van der Waals surface area contributed by atoms with Crippen molar-refractivity contribution in [1.29, 1.82) is 0 Å². The molecule has 0 heterocycles. The first kappa shape index (κ1) is 21.9. The summed E-state index contributed by atoms with van der Waals surface area (Å²) in [5, 5.41) is 8.15. The number of carbonyl (C=O) groups excluding carboxylic acids is 2. The number of carbonyl (C=O) groups is 2. The van der Waals surface area contributed by atoms with Crippen molar-refractivity contribution in [1.82, 2.24) is 0 Å². The lowest BCUT2D eigenvalue weighted by Gasteiger charge is -2.11. The predicted octanol–water partition coefficient (Wildman–Crippen LogP) is 5.32. The van der Waals surface area contributed by atoms with Crippen LogP contribution in [0.5, 0.6) is 0 Å². The van der Waals surface area contributed by atoms with E-state index in [-0.39, 0.29) is 23.7 Å². The van der Waals surface area contributed by atoms with Crippen molar-refractivity contribution in [3.05, 3.63) is 89.5 Å². The molecule has 31 heavy (non-hydrogen) atoms. The topological polar surface area (TPSA) is 70.2 Å². The van der Waals surface area contributed by atoms with Gasteiger partial charge in [-0.25, -0.2) is 0 Å². The third-order valence-electron chi connectivity index (χ3n) is 4.33. The van der Waals surface area contributed by atoms with Crippen LogP contribution >= 0.6 is 0 Å². The van der Waals surface area contributed by atoms with Gasteiger partial charge >= 0.3 is 6.18 Å². The van der Waals surface area contributed by atoms with E-state index < -0.39 is 17.6 Å². The lowest BCUT2D eigenvalue weighted by Crippen LogP contribution is -2.22. The Balaban J connectivity index is 1.60. The quantitative estimate of drug-likeness (QED) is 0.499. The van der Waals surface area contributed by atoms with Crippen molar-refractivity contribution >= 4 is 28.9 Å². The molecule has 5 nitrogen and oxygen atoms in total. The van der Waals surface area contributed by atoms with Gasteiger partial charge in [0.25, 0.3) is 5.91 Å². The minimum Gasteiger partial charge on any atom is -0.376 e. The molecular formula is C23H20F3N3O2. The number of hydrogen-bond acceptors (Lipinski definition) is 3. The second-order valence-electron chi connectivity index (χ2n) is 6.88. The lowest BCUT2D eigenvalue weighted by molar-refractivity contribution is -0.137. The number of alkyl halides is 3. The largest absolute Gasteiger partial charge is 0.416 e. The van der Waals surface area contributed by atoms with Gasteiger partial charge in [0, 0.05) is 22.6 Å². The summed E-state index contributed by atoms with van der Waals surface area (Å²) in [6, 6.07) is 18.1. The highest BCUT2D eigenvalue weighted by Gasteiger charge is 2.30. The summed E-state index contributed by atoms with van der Waals surface area (Å²) in [6.45, 7) is 1.90. The van der Waals surface area contributed by atoms with E-state index in [0.717, 1.165) is 17.7 Å². The molecule has 2 amide bonds. The molecule has 0 saturated carbocycles. The van der Waals surface area contributed by atoms with Crippen LogP contribution in [0.25, 0.3) is 0 Å². The van der Waals surface area contributed by atoms with Gasteiger partial charge in [0.05, 0.1) is 12.1 Å². The number of halogens is 3. The second kappa shape index (κ2) is 9.34. The summed E-state index contributed by atoms with van der Waals surface area (Å²) in [5.74, 6) is -0.823. The zero-order chi connectivity index (χ0) is 22.4. The first-order valence-electron chi connectivity index (χ1n) is 9.40. The molecule has 0 aliphatic rings. The Morgan fingerprint density at radius 1 is 0.806 bits per heavy atom. The molecule has 0 aliphatic heterocycles. The van der Waals surface area contributed by atoms with E-state index in [9.17, 15) is 22.8 Å². The van der Waals surface area contributed by atoms with Crippen molar-refractivity contribution in [2.75, 3.05) is 22.5 Å². The summed E-state index contributed by atoms with van der Waals surface area (Å²) in [7, 11) is 0. The fourth-order valence-corrected chi connectivity index (χ4v) is 2.86. The van der Waals surface area contributed by atoms with E-state index in [1.807, 2.05) is 25.1 Å². The molecule has 0 atom stereocenters. The highest BCUT2D eigenvalue weighted by atomic mass is 19.4. The van der Waals surface area contributed by atoms with Crippen LogP contribution < -0.4 is 16.0 Å². The lowest BCUT2D eigenvalue weighted by atomic mass is 10.1. The van der Waals surface area contributed by atoms with E-state index in [1.54, 1.807) is 18.2 Å². The Kier molecular flexibility index (Phi) is 6.59. The summed E-state index contributed by atoms with van der Waals surface area (Å²) >= 11 is 0. The SMILES string of the molecule is Cc1cccc(NC(=O)CNc2cccc(C(=O)Nc3cccc(C(F)(F)F)c3)c2)c1. The number of hydrogen-bond donors (Lipinski definition) is 3. The normalized spacial score (nSPS) is 11.0. The molecule has 0 unspecified atom stereocenters. The first-order valence-corrected chi connectivity index (χ1v) is 9.40. The van der Waals surface area contributed by atoms with Gasteiger partial charge in [0.1, 0.15) is 0 Å². The third kappa shape index (κ3) is 6.33.